The maximum atomic E-state index is 6.51. The van der Waals surface area contributed by atoms with Crippen LogP contribution in [-0.4, -0.2) is 36.1 Å². The van der Waals surface area contributed by atoms with Crippen LogP contribution in [0.3, 0.4) is 0 Å². The van der Waals surface area contributed by atoms with Crippen molar-refractivity contribution in [3.05, 3.63) is 57.9 Å². The number of hydrogen-bond donors (Lipinski definition) is 2. The van der Waals surface area contributed by atoms with Gasteiger partial charge in [-0.2, -0.15) is 0 Å². The van der Waals surface area contributed by atoms with Crippen molar-refractivity contribution in [2.45, 2.75) is 45.2 Å². The van der Waals surface area contributed by atoms with Crippen molar-refractivity contribution in [2.75, 3.05) is 31.5 Å². The molecular formula is C22H29ClN4. The molecule has 5 heteroatoms. The second-order valence-electron chi connectivity index (χ2n) is 7.66. The van der Waals surface area contributed by atoms with Crippen molar-refractivity contribution in [3.8, 4) is 0 Å². The van der Waals surface area contributed by atoms with E-state index in [1.54, 1.807) is 0 Å². The number of halogens is 1. The van der Waals surface area contributed by atoms with Crippen LogP contribution in [0.25, 0.3) is 0 Å². The normalized spacial score (nSPS) is 18.0. The van der Waals surface area contributed by atoms with Gasteiger partial charge in [-0.15, -0.1) is 0 Å². The molecule has 144 valence electrons. The van der Waals surface area contributed by atoms with Crippen molar-refractivity contribution in [1.82, 2.24) is 15.2 Å². The Morgan fingerprint density at radius 3 is 2.70 bits per heavy atom. The second-order valence-corrected chi connectivity index (χ2v) is 8.07. The zero-order valence-electron chi connectivity index (χ0n) is 15.9. The van der Waals surface area contributed by atoms with Gasteiger partial charge in [0.1, 0.15) is 0 Å². The predicted octanol–water partition coefficient (Wildman–Crippen LogP) is 4.02. The average Bonchev–Trinajstić information content (AvgIpc) is 2.95. The molecule has 0 saturated carbocycles. The van der Waals surface area contributed by atoms with E-state index in [0.29, 0.717) is 0 Å². The molecule has 1 saturated heterocycles. The molecule has 1 aromatic carbocycles. The average molecular weight is 385 g/mol. The molecule has 2 aromatic rings. The minimum absolute atomic E-state index is 0.751. The predicted molar refractivity (Wildman–Crippen MR) is 112 cm³/mol. The summed E-state index contributed by atoms with van der Waals surface area (Å²) in [6.45, 7) is 6.18. The number of piperidine rings is 1. The third-order valence-electron chi connectivity index (χ3n) is 5.67. The van der Waals surface area contributed by atoms with Crippen LogP contribution < -0.4 is 10.6 Å². The highest BCUT2D eigenvalue weighted by Gasteiger charge is 2.15. The summed E-state index contributed by atoms with van der Waals surface area (Å²) in [4.78, 5) is 7.20. The van der Waals surface area contributed by atoms with Gasteiger partial charge in [0.2, 0.25) is 0 Å². The topological polar surface area (TPSA) is 40.2 Å². The van der Waals surface area contributed by atoms with Crippen LogP contribution in [-0.2, 0) is 25.9 Å². The van der Waals surface area contributed by atoms with Gasteiger partial charge in [-0.1, -0.05) is 30.2 Å². The van der Waals surface area contributed by atoms with E-state index in [9.17, 15) is 0 Å². The summed E-state index contributed by atoms with van der Waals surface area (Å²) >= 11 is 6.51. The zero-order valence-corrected chi connectivity index (χ0v) is 16.7. The van der Waals surface area contributed by atoms with Gasteiger partial charge in [-0.05, 0) is 80.7 Å². The van der Waals surface area contributed by atoms with Crippen molar-refractivity contribution in [1.29, 1.82) is 0 Å². The Morgan fingerprint density at radius 2 is 1.89 bits per heavy atom. The molecule has 0 atom stereocenters. The first-order valence-corrected chi connectivity index (χ1v) is 10.6. The molecule has 4 rings (SSSR count). The Hall–Kier alpha value is -1.62. The van der Waals surface area contributed by atoms with Gasteiger partial charge in [0.05, 0.1) is 16.4 Å². The number of anilines is 1. The first-order valence-electron chi connectivity index (χ1n) is 10.2. The minimum Gasteiger partial charge on any atom is -0.379 e. The number of nitrogens with zero attached hydrogens (tertiary/aromatic N) is 2. The highest BCUT2D eigenvalue weighted by atomic mass is 35.5. The van der Waals surface area contributed by atoms with Crippen LogP contribution in [0.15, 0.2) is 30.5 Å². The van der Waals surface area contributed by atoms with Crippen LogP contribution in [0.1, 0.15) is 41.6 Å². The molecule has 0 radical (unpaired) electrons. The maximum absolute atomic E-state index is 6.51. The first kappa shape index (κ1) is 18.7. The smallest absolute Gasteiger partial charge is 0.0640 e. The molecule has 2 N–H and O–H groups in total. The Bertz CT molecular complexity index is 754. The van der Waals surface area contributed by atoms with E-state index in [0.717, 1.165) is 49.7 Å². The summed E-state index contributed by atoms with van der Waals surface area (Å²) < 4.78 is 0. The number of likely N-dealkylation sites (tertiary alicyclic amines) is 1. The molecule has 2 aliphatic heterocycles. The van der Waals surface area contributed by atoms with Crippen molar-refractivity contribution in [3.63, 3.8) is 0 Å². The van der Waals surface area contributed by atoms with E-state index in [4.69, 9.17) is 11.6 Å². The minimum atomic E-state index is 0.751. The molecule has 27 heavy (non-hydrogen) atoms. The first-order chi connectivity index (χ1) is 13.3. The maximum Gasteiger partial charge on any atom is 0.0640 e. The quantitative estimate of drug-likeness (QED) is 0.816. The number of aromatic nitrogens is 1. The van der Waals surface area contributed by atoms with Crippen LogP contribution in [0.5, 0.6) is 0 Å². The molecule has 1 fully saturated rings. The lowest BCUT2D eigenvalue weighted by Gasteiger charge is -2.25. The van der Waals surface area contributed by atoms with Crippen molar-refractivity contribution < 1.29 is 0 Å². The van der Waals surface area contributed by atoms with Gasteiger partial charge in [0.15, 0.2) is 0 Å². The Labute approximate surface area is 167 Å². The molecule has 4 nitrogen and oxygen atoms in total. The summed E-state index contributed by atoms with van der Waals surface area (Å²) in [7, 11) is 0. The molecule has 2 aliphatic rings. The molecule has 0 amide bonds. The van der Waals surface area contributed by atoms with E-state index < -0.39 is 0 Å². The van der Waals surface area contributed by atoms with Gasteiger partial charge in [0, 0.05) is 19.3 Å². The van der Waals surface area contributed by atoms with Gasteiger partial charge >= 0.3 is 0 Å². The van der Waals surface area contributed by atoms with Crippen LogP contribution in [0, 0.1) is 0 Å². The summed E-state index contributed by atoms with van der Waals surface area (Å²) in [6.07, 6.45) is 8.10. The number of pyridine rings is 1. The Balaban J connectivity index is 1.40. The molecule has 3 heterocycles. The molecule has 0 spiro atoms. The van der Waals surface area contributed by atoms with E-state index in [1.807, 2.05) is 12.3 Å². The fourth-order valence-electron chi connectivity index (χ4n) is 4.13. The Kier molecular flexibility index (Phi) is 6.28. The summed E-state index contributed by atoms with van der Waals surface area (Å²) in [5.74, 6) is 0. The summed E-state index contributed by atoms with van der Waals surface area (Å²) in [6, 6.07) is 8.56. The third-order valence-corrected chi connectivity index (χ3v) is 5.99. The molecule has 1 aromatic heterocycles. The lowest BCUT2D eigenvalue weighted by Crippen LogP contribution is -2.29. The van der Waals surface area contributed by atoms with Gasteiger partial charge in [0.25, 0.3) is 0 Å². The lowest BCUT2D eigenvalue weighted by atomic mass is 10.0. The van der Waals surface area contributed by atoms with E-state index in [-0.39, 0.29) is 0 Å². The summed E-state index contributed by atoms with van der Waals surface area (Å²) in [5, 5.41) is 7.86. The highest BCUT2D eigenvalue weighted by Crippen LogP contribution is 2.31. The van der Waals surface area contributed by atoms with E-state index in [2.05, 4.69) is 38.7 Å². The van der Waals surface area contributed by atoms with Gasteiger partial charge in [-0.25, -0.2) is 0 Å². The number of fused-ring (bicyclic) bond motifs is 1. The third kappa shape index (κ3) is 4.81. The number of hydrogen-bond acceptors (Lipinski definition) is 4. The molecular weight excluding hydrogens is 356 g/mol. The monoisotopic (exact) mass is 384 g/mol. The Morgan fingerprint density at radius 1 is 1.04 bits per heavy atom. The fraction of sp³-hybridized carbons (Fsp3) is 0.500. The molecule has 0 bridgehead atoms. The van der Waals surface area contributed by atoms with Crippen LogP contribution in [0.2, 0.25) is 5.02 Å². The number of nitrogens with one attached hydrogen (secondary N) is 2. The SMILES string of the molecule is Clc1ccc2c(c1NCc1ccc(CN3CCCCC3)nc1)CCNCC2. The molecule has 0 aliphatic carbocycles. The number of benzene rings is 1. The summed E-state index contributed by atoms with van der Waals surface area (Å²) in [5.41, 5.74) is 6.22. The van der Waals surface area contributed by atoms with Gasteiger partial charge < -0.3 is 10.6 Å². The lowest BCUT2D eigenvalue weighted by molar-refractivity contribution is 0.218. The van der Waals surface area contributed by atoms with Crippen LogP contribution in [0.4, 0.5) is 5.69 Å². The largest absolute Gasteiger partial charge is 0.379 e. The zero-order chi connectivity index (χ0) is 18.5. The van der Waals surface area contributed by atoms with Crippen molar-refractivity contribution in [2.24, 2.45) is 0 Å². The molecule has 0 unspecified atom stereocenters. The van der Waals surface area contributed by atoms with Crippen LogP contribution >= 0.6 is 11.6 Å². The van der Waals surface area contributed by atoms with Gasteiger partial charge in [-0.3, -0.25) is 9.88 Å². The standard InChI is InChI=1S/C22H29ClN4/c23-21-7-5-18-8-10-24-11-9-20(18)22(21)26-15-17-4-6-19(25-14-17)16-27-12-2-1-3-13-27/h4-7,14,24,26H,1-3,8-13,15-16H2. The second kappa shape index (κ2) is 9.05. The fourth-order valence-corrected chi connectivity index (χ4v) is 4.37. The number of rotatable bonds is 5. The van der Waals surface area contributed by atoms with E-state index in [1.165, 1.54) is 54.7 Å². The van der Waals surface area contributed by atoms with Crippen molar-refractivity contribution >= 4 is 17.3 Å². The van der Waals surface area contributed by atoms with E-state index >= 15 is 0 Å². The highest BCUT2D eigenvalue weighted by molar-refractivity contribution is 6.33.